The number of thiazole rings is 1. The molecule has 0 fully saturated rings. The van der Waals surface area contributed by atoms with Crippen LogP contribution in [0.25, 0.3) is 21.8 Å². The monoisotopic (exact) mass is 349 g/mol. The van der Waals surface area contributed by atoms with Crippen LogP contribution in [0.2, 0.25) is 5.02 Å². The van der Waals surface area contributed by atoms with Crippen molar-refractivity contribution < 1.29 is 0 Å². The van der Waals surface area contributed by atoms with Crippen LogP contribution in [-0.2, 0) is 0 Å². The normalized spacial score (nSPS) is 10.6. The van der Waals surface area contributed by atoms with Gasteiger partial charge in [0.15, 0.2) is 0 Å². The number of hydrogen-bond donors (Lipinski definition) is 0. The highest BCUT2D eigenvalue weighted by atomic mass is 79.9. The number of aromatic nitrogens is 1. The largest absolute Gasteiger partial charge is 0.236 e. The fourth-order valence-corrected chi connectivity index (χ4v) is 3.36. The minimum absolute atomic E-state index is 0.734. The summed E-state index contributed by atoms with van der Waals surface area (Å²) in [5.41, 5.74) is 3.06. The van der Waals surface area contributed by atoms with Crippen LogP contribution in [0, 0.1) is 0 Å². The van der Waals surface area contributed by atoms with Gasteiger partial charge in [-0.05, 0) is 18.2 Å². The van der Waals surface area contributed by atoms with Gasteiger partial charge in [0.2, 0.25) is 0 Å². The highest BCUT2D eigenvalue weighted by Gasteiger charge is 2.09. The zero-order valence-corrected chi connectivity index (χ0v) is 13.0. The van der Waals surface area contributed by atoms with Crippen LogP contribution < -0.4 is 0 Å². The molecule has 0 saturated carbocycles. The minimum atomic E-state index is 0.734. The molecule has 3 rings (SSSR count). The van der Waals surface area contributed by atoms with Crippen molar-refractivity contribution >= 4 is 38.9 Å². The molecule has 1 heterocycles. The van der Waals surface area contributed by atoms with Crippen LogP contribution in [0.1, 0.15) is 0 Å². The lowest BCUT2D eigenvalue weighted by molar-refractivity contribution is 1.40. The topological polar surface area (TPSA) is 12.9 Å². The van der Waals surface area contributed by atoms with Crippen molar-refractivity contribution in [1.82, 2.24) is 4.98 Å². The Bertz CT molecular complexity index is 723. The smallest absolute Gasteiger partial charge is 0.125 e. The molecule has 0 aliphatic carbocycles. The van der Waals surface area contributed by atoms with E-state index in [1.165, 1.54) is 0 Å². The van der Waals surface area contributed by atoms with E-state index in [0.29, 0.717) is 0 Å². The summed E-state index contributed by atoms with van der Waals surface area (Å²) in [6.45, 7) is 0. The Balaban J connectivity index is 2.03. The zero-order valence-electron chi connectivity index (χ0n) is 9.81. The van der Waals surface area contributed by atoms with Crippen LogP contribution in [0.4, 0.5) is 0 Å². The lowest BCUT2D eigenvalue weighted by Gasteiger charge is -1.99. The number of halogens is 2. The third-order valence-electron chi connectivity index (χ3n) is 2.73. The van der Waals surface area contributed by atoms with Crippen LogP contribution in [-0.4, -0.2) is 4.98 Å². The van der Waals surface area contributed by atoms with Gasteiger partial charge in [0.1, 0.15) is 5.01 Å². The van der Waals surface area contributed by atoms with E-state index in [1.807, 2.05) is 36.4 Å². The van der Waals surface area contributed by atoms with E-state index < -0.39 is 0 Å². The van der Waals surface area contributed by atoms with Crippen molar-refractivity contribution in [3.8, 4) is 21.8 Å². The predicted octanol–water partition coefficient (Wildman–Crippen LogP) is 5.89. The van der Waals surface area contributed by atoms with E-state index in [4.69, 9.17) is 11.6 Å². The molecule has 0 bridgehead atoms. The molecule has 0 amide bonds. The number of rotatable bonds is 2. The quantitative estimate of drug-likeness (QED) is 0.561. The lowest BCUT2D eigenvalue weighted by Crippen LogP contribution is -1.80. The van der Waals surface area contributed by atoms with E-state index in [0.717, 1.165) is 31.3 Å². The number of hydrogen-bond acceptors (Lipinski definition) is 2. The second-order valence-electron chi connectivity index (χ2n) is 4.03. The molecule has 0 radical (unpaired) electrons. The summed E-state index contributed by atoms with van der Waals surface area (Å²) < 4.78 is 1.05. The molecule has 3 aromatic rings. The average molecular weight is 351 g/mol. The van der Waals surface area contributed by atoms with Crippen LogP contribution in [0.5, 0.6) is 0 Å². The fraction of sp³-hybridized carbons (Fsp3) is 0. The Morgan fingerprint density at radius 3 is 2.68 bits per heavy atom. The van der Waals surface area contributed by atoms with Gasteiger partial charge in [-0.15, -0.1) is 11.3 Å². The standard InChI is InChI=1S/C15H9BrClNS/c16-11-5-3-4-10(8-11)14-9-19-15(18-14)12-6-1-2-7-13(12)17/h1-9H. The summed E-state index contributed by atoms with van der Waals surface area (Å²) in [5, 5.41) is 3.73. The Morgan fingerprint density at radius 1 is 1.05 bits per heavy atom. The summed E-state index contributed by atoms with van der Waals surface area (Å²) in [7, 11) is 0. The van der Waals surface area contributed by atoms with Crippen LogP contribution >= 0.6 is 38.9 Å². The van der Waals surface area contributed by atoms with Gasteiger partial charge in [0.05, 0.1) is 10.7 Å². The van der Waals surface area contributed by atoms with Crippen LogP contribution in [0.15, 0.2) is 58.4 Å². The summed E-state index contributed by atoms with van der Waals surface area (Å²) in [6, 6.07) is 15.9. The van der Waals surface area contributed by atoms with Crippen molar-refractivity contribution in [2.24, 2.45) is 0 Å². The lowest BCUT2D eigenvalue weighted by atomic mass is 10.2. The molecular formula is C15H9BrClNS. The molecule has 4 heteroatoms. The maximum atomic E-state index is 6.20. The van der Waals surface area contributed by atoms with Crippen molar-refractivity contribution in [1.29, 1.82) is 0 Å². The molecule has 0 spiro atoms. The van der Waals surface area contributed by atoms with Gasteiger partial charge in [0.25, 0.3) is 0 Å². The second kappa shape index (κ2) is 5.45. The highest BCUT2D eigenvalue weighted by Crippen LogP contribution is 2.33. The summed E-state index contributed by atoms with van der Waals surface area (Å²) >= 11 is 11.3. The first kappa shape index (κ1) is 12.9. The van der Waals surface area contributed by atoms with Crippen molar-refractivity contribution in [2.45, 2.75) is 0 Å². The van der Waals surface area contributed by atoms with Gasteiger partial charge in [0, 0.05) is 21.0 Å². The first-order valence-electron chi connectivity index (χ1n) is 5.70. The molecule has 94 valence electrons. The Labute approximate surface area is 129 Å². The van der Waals surface area contributed by atoms with Gasteiger partial charge in [-0.2, -0.15) is 0 Å². The first-order valence-corrected chi connectivity index (χ1v) is 7.75. The van der Waals surface area contributed by atoms with Gasteiger partial charge < -0.3 is 0 Å². The molecule has 1 nitrogen and oxygen atoms in total. The molecular weight excluding hydrogens is 342 g/mol. The Hall–Kier alpha value is -1.16. The molecule has 0 aliphatic heterocycles. The molecule has 0 saturated heterocycles. The van der Waals surface area contributed by atoms with Crippen molar-refractivity contribution in [3.63, 3.8) is 0 Å². The first-order chi connectivity index (χ1) is 9.24. The molecule has 0 N–H and O–H groups in total. The molecule has 0 unspecified atom stereocenters. The third-order valence-corrected chi connectivity index (χ3v) is 4.43. The maximum Gasteiger partial charge on any atom is 0.125 e. The Kier molecular flexibility index (Phi) is 3.69. The maximum absolute atomic E-state index is 6.20. The summed E-state index contributed by atoms with van der Waals surface area (Å²) in [6.07, 6.45) is 0. The minimum Gasteiger partial charge on any atom is -0.236 e. The number of nitrogens with zero attached hydrogens (tertiary/aromatic N) is 1. The Morgan fingerprint density at radius 2 is 1.89 bits per heavy atom. The molecule has 19 heavy (non-hydrogen) atoms. The van der Waals surface area contributed by atoms with E-state index in [-0.39, 0.29) is 0 Å². The number of benzene rings is 2. The van der Waals surface area contributed by atoms with Gasteiger partial charge in [-0.3, -0.25) is 0 Å². The summed E-state index contributed by atoms with van der Waals surface area (Å²) in [4.78, 5) is 4.67. The van der Waals surface area contributed by atoms with E-state index in [1.54, 1.807) is 11.3 Å². The third kappa shape index (κ3) is 2.73. The van der Waals surface area contributed by atoms with Gasteiger partial charge in [-0.1, -0.05) is 57.9 Å². The summed E-state index contributed by atoms with van der Waals surface area (Å²) in [5.74, 6) is 0. The van der Waals surface area contributed by atoms with Gasteiger partial charge in [-0.25, -0.2) is 4.98 Å². The fourth-order valence-electron chi connectivity index (χ4n) is 1.81. The molecule has 1 aromatic heterocycles. The SMILES string of the molecule is Clc1ccccc1-c1nc(-c2cccc(Br)c2)cs1. The van der Waals surface area contributed by atoms with Gasteiger partial charge >= 0.3 is 0 Å². The van der Waals surface area contributed by atoms with Crippen molar-refractivity contribution in [3.05, 3.63) is 63.4 Å². The predicted molar refractivity (Wildman–Crippen MR) is 85.7 cm³/mol. The van der Waals surface area contributed by atoms with E-state index in [9.17, 15) is 0 Å². The highest BCUT2D eigenvalue weighted by molar-refractivity contribution is 9.10. The second-order valence-corrected chi connectivity index (χ2v) is 6.21. The van der Waals surface area contributed by atoms with Crippen molar-refractivity contribution in [2.75, 3.05) is 0 Å². The molecule has 2 aromatic carbocycles. The van der Waals surface area contributed by atoms with E-state index >= 15 is 0 Å². The molecule has 0 aliphatic rings. The molecule has 0 atom stereocenters. The van der Waals surface area contributed by atoms with E-state index in [2.05, 4.69) is 38.4 Å². The average Bonchev–Trinajstić information content (AvgIpc) is 2.89. The van der Waals surface area contributed by atoms with Crippen LogP contribution in [0.3, 0.4) is 0 Å². The zero-order chi connectivity index (χ0) is 13.2.